The number of imidazole rings is 1. The summed E-state index contributed by atoms with van der Waals surface area (Å²) in [7, 11) is -3.69. The van der Waals surface area contributed by atoms with Gasteiger partial charge >= 0.3 is 0 Å². The highest BCUT2D eigenvalue weighted by Crippen LogP contribution is 2.25. The normalized spacial score (nSPS) is 13.3. The highest BCUT2D eigenvalue weighted by Gasteiger charge is 2.14. The zero-order valence-corrected chi connectivity index (χ0v) is 20.4. The number of hydrogen-bond acceptors (Lipinski definition) is 4. The van der Waals surface area contributed by atoms with E-state index in [1.54, 1.807) is 24.3 Å². The fourth-order valence-electron chi connectivity index (χ4n) is 4.13. The first kappa shape index (κ1) is 23.6. The van der Waals surface area contributed by atoms with Crippen LogP contribution in [0, 0.1) is 0 Å². The van der Waals surface area contributed by atoms with Crippen LogP contribution >= 0.6 is 0 Å². The molecule has 0 spiro atoms. The van der Waals surface area contributed by atoms with E-state index in [-0.39, 0.29) is 5.91 Å². The molecule has 0 saturated heterocycles. The van der Waals surface area contributed by atoms with Crippen LogP contribution in [-0.2, 0) is 23.0 Å². The summed E-state index contributed by atoms with van der Waals surface area (Å²) in [6, 6.07) is 23.1. The topological polar surface area (TPSA) is 93.1 Å². The van der Waals surface area contributed by atoms with Crippen molar-refractivity contribution in [2.24, 2.45) is 0 Å². The zero-order chi connectivity index (χ0) is 25.0. The number of hydrogen-bond donors (Lipinski definition) is 2. The zero-order valence-electron chi connectivity index (χ0n) is 19.6. The molecule has 4 aromatic rings. The van der Waals surface area contributed by atoms with Crippen molar-refractivity contribution in [3.8, 4) is 11.3 Å². The van der Waals surface area contributed by atoms with Gasteiger partial charge in [-0.1, -0.05) is 42.5 Å². The van der Waals surface area contributed by atoms with Gasteiger partial charge < -0.3 is 9.88 Å². The molecular formula is C28H26N4O3S. The number of carbonyl (C=O) groups is 1. The number of nitrogens with zero attached hydrogens (tertiary/aromatic N) is 2. The van der Waals surface area contributed by atoms with Gasteiger partial charge in [0.15, 0.2) is 0 Å². The number of aryl methyl sites for hydroxylation is 2. The Bertz CT molecular complexity index is 1480. The first-order valence-corrected chi connectivity index (χ1v) is 13.3. The Kier molecular flexibility index (Phi) is 6.69. The lowest BCUT2D eigenvalue weighted by Gasteiger charge is -2.11. The van der Waals surface area contributed by atoms with Crippen LogP contribution in [0.2, 0.25) is 0 Å². The van der Waals surface area contributed by atoms with E-state index in [4.69, 9.17) is 4.98 Å². The van der Waals surface area contributed by atoms with Crippen LogP contribution in [0.1, 0.15) is 34.6 Å². The van der Waals surface area contributed by atoms with Crippen LogP contribution in [0.25, 0.3) is 17.3 Å². The Morgan fingerprint density at radius 1 is 0.917 bits per heavy atom. The standard InChI is InChI=1S/C28H26N4O3S/c33-28(29-25-10-6-9-23(19-25)26-20-32-17-5-4-11-27(32)30-26)22-12-14-24(15-13-22)31-36(34,35)18-16-21-7-2-1-3-8-21/h1-3,6-10,12-16,18-20,31H,4-5,11,17H2,(H,29,33). The van der Waals surface area contributed by atoms with Gasteiger partial charge in [-0.25, -0.2) is 13.4 Å². The number of fused-ring (bicyclic) bond motifs is 1. The molecule has 2 N–H and O–H groups in total. The Morgan fingerprint density at radius 2 is 1.72 bits per heavy atom. The highest BCUT2D eigenvalue weighted by molar-refractivity contribution is 7.95. The van der Waals surface area contributed by atoms with Gasteiger partial charge in [0.25, 0.3) is 15.9 Å². The van der Waals surface area contributed by atoms with Gasteiger partial charge in [0.2, 0.25) is 0 Å². The van der Waals surface area contributed by atoms with E-state index < -0.39 is 10.0 Å². The summed E-state index contributed by atoms with van der Waals surface area (Å²) < 4.78 is 29.4. The quantitative estimate of drug-likeness (QED) is 0.349. The molecule has 0 radical (unpaired) electrons. The number of nitrogens with one attached hydrogen (secondary N) is 2. The largest absolute Gasteiger partial charge is 0.334 e. The maximum atomic E-state index is 12.8. The molecular weight excluding hydrogens is 472 g/mol. The Balaban J connectivity index is 1.23. The molecule has 182 valence electrons. The Hall–Kier alpha value is -4.17. The molecule has 5 rings (SSSR count). The molecule has 0 atom stereocenters. The minimum absolute atomic E-state index is 0.283. The second kappa shape index (κ2) is 10.2. The molecule has 1 aliphatic rings. The second-order valence-corrected chi connectivity index (χ2v) is 10.2. The molecule has 36 heavy (non-hydrogen) atoms. The minimum Gasteiger partial charge on any atom is -0.334 e. The van der Waals surface area contributed by atoms with E-state index in [1.807, 2.05) is 54.6 Å². The molecule has 2 heterocycles. The van der Waals surface area contributed by atoms with Gasteiger partial charge in [-0.05, 0) is 60.9 Å². The van der Waals surface area contributed by atoms with Crippen molar-refractivity contribution >= 4 is 33.4 Å². The predicted octanol–water partition coefficient (Wildman–Crippen LogP) is 5.55. The first-order chi connectivity index (χ1) is 17.4. The van der Waals surface area contributed by atoms with Crippen LogP contribution < -0.4 is 10.0 Å². The summed E-state index contributed by atoms with van der Waals surface area (Å²) in [6.45, 7) is 0.994. The summed E-state index contributed by atoms with van der Waals surface area (Å²) in [5, 5.41) is 4.03. The number of aromatic nitrogens is 2. The van der Waals surface area contributed by atoms with E-state index in [2.05, 4.69) is 20.8 Å². The number of anilines is 2. The van der Waals surface area contributed by atoms with Crippen molar-refractivity contribution in [3.05, 3.63) is 107 Å². The van der Waals surface area contributed by atoms with Crippen molar-refractivity contribution in [2.45, 2.75) is 25.8 Å². The van der Waals surface area contributed by atoms with E-state index in [0.717, 1.165) is 47.4 Å². The van der Waals surface area contributed by atoms with E-state index in [9.17, 15) is 13.2 Å². The number of benzene rings is 3. The first-order valence-electron chi connectivity index (χ1n) is 11.8. The van der Waals surface area contributed by atoms with Gasteiger partial charge in [-0.2, -0.15) is 0 Å². The number of carbonyl (C=O) groups excluding carboxylic acids is 1. The van der Waals surface area contributed by atoms with Crippen LogP contribution in [0.4, 0.5) is 11.4 Å². The van der Waals surface area contributed by atoms with Crippen LogP contribution in [-0.4, -0.2) is 23.9 Å². The molecule has 3 aromatic carbocycles. The smallest absolute Gasteiger partial charge is 0.255 e. The number of sulfonamides is 1. The lowest BCUT2D eigenvalue weighted by atomic mass is 10.1. The molecule has 8 heteroatoms. The summed E-state index contributed by atoms with van der Waals surface area (Å²) in [4.78, 5) is 17.6. The average molecular weight is 499 g/mol. The molecule has 0 bridgehead atoms. The van der Waals surface area contributed by atoms with Crippen molar-refractivity contribution in [1.82, 2.24) is 9.55 Å². The Labute approximate surface area is 210 Å². The molecule has 0 fully saturated rings. The second-order valence-electron chi connectivity index (χ2n) is 8.67. The molecule has 1 amide bonds. The summed E-state index contributed by atoms with van der Waals surface area (Å²) >= 11 is 0. The average Bonchev–Trinajstić information content (AvgIpc) is 3.33. The fourth-order valence-corrected chi connectivity index (χ4v) is 5.00. The van der Waals surface area contributed by atoms with E-state index in [1.165, 1.54) is 12.5 Å². The number of amides is 1. The summed E-state index contributed by atoms with van der Waals surface area (Å²) in [5.74, 6) is 0.826. The molecule has 1 aromatic heterocycles. The summed E-state index contributed by atoms with van der Waals surface area (Å²) in [5.41, 5.74) is 4.09. The van der Waals surface area contributed by atoms with Gasteiger partial charge in [-0.3, -0.25) is 9.52 Å². The molecule has 0 saturated carbocycles. The third-order valence-corrected chi connectivity index (χ3v) is 6.99. The Morgan fingerprint density at radius 3 is 2.50 bits per heavy atom. The third-order valence-electron chi connectivity index (χ3n) is 5.97. The predicted molar refractivity (Wildman–Crippen MR) is 143 cm³/mol. The number of rotatable bonds is 7. The summed E-state index contributed by atoms with van der Waals surface area (Å²) in [6.07, 6.45) is 6.92. The maximum Gasteiger partial charge on any atom is 0.255 e. The van der Waals surface area contributed by atoms with E-state index >= 15 is 0 Å². The van der Waals surface area contributed by atoms with Gasteiger partial charge in [0, 0.05) is 41.7 Å². The van der Waals surface area contributed by atoms with Crippen molar-refractivity contribution < 1.29 is 13.2 Å². The van der Waals surface area contributed by atoms with Crippen LogP contribution in [0.3, 0.4) is 0 Å². The molecule has 1 aliphatic heterocycles. The van der Waals surface area contributed by atoms with Crippen LogP contribution in [0.5, 0.6) is 0 Å². The van der Waals surface area contributed by atoms with Gasteiger partial charge in [0.05, 0.1) is 11.1 Å². The van der Waals surface area contributed by atoms with Crippen molar-refractivity contribution in [2.75, 3.05) is 10.0 Å². The van der Waals surface area contributed by atoms with Crippen molar-refractivity contribution in [1.29, 1.82) is 0 Å². The van der Waals surface area contributed by atoms with Crippen molar-refractivity contribution in [3.63, 3.8) is 0 Å². The molecule has 0 aliphatic carbocycles. The molecule has 7 nitrogen and oxygen atoms in total. The molecule has 0 unspecified atom stereocenters. The SMILES string of the molecule is O=C(Nc1cccc(-c2cn3c(n2)CCCC3)c1)c1ccc(NS(=O)(=O)C=Cc2ccccc2)cc1. The highest BCUT2D eigenvalue weighted by atomic mass is 32.2. The monoisotopic (exact) mass is 498 g/mol. The fraction of sp³-hybridized carbons (Fsp3) is 0.143. The van der Waals surface area contributed by atoms with E-state index in [0.29, 0.717) is 16.9 Å². The third kappa shape index (κ3) is 5.72. The lowest BCUT2D eigenvalue weighted by molar-refractivity contribution is 0.102. The lowest BCUT2D eigenvalue weighted by Crippen LogP contribution is -2.12. The van der Waals surface area contributed by atoms with Gasteiger partial charge in [-0.15, -0.1) is 0 Å². The maximum absolute atomic E-state index is 12.8. The minimum atomic E-state index is -3.69. The van der Waals surface area contributed by atoms with Gasteiger partial charge in [0.1, 0.15) is 5.82 Å². The van der Waals surface area contributed by atoms with Crippen LogP contribution in [0.15, 0.2) is 90.5 Å².